The Morgan fingerprint density at radius 3 is 2.48 bits per heavy atom. The first-order valence-electron chi connectivity index (χ1n) is 9.96. The van der Waals surface area contributed by atoms with Gasteiger partial charge in [0.2, 0.25) is 5.91 Å². The summed E-state index contributed by atoms with van der Waals surface area (Å²) in [6.07, 6.45) is 4.32. The molecule has 0 spiro atoms. The van der Waals surface area contributed by atoms with Gasteiger partial charge >= 0.3 is 0 Å². The van der Waals surface area contributed by atoms with Crippen LogP contribution in [0.5, 0.6) is 0 Å². The van der Waals surface area contributed by atoms with Crippen molar-refractivity contribution in [3.05, 3.63) is 36.1 Å². The lowest BCUT2D eigenvalue weighted by Crippen LogP contribution is -2.26. The Hall–Kier alpha value is -2.48. The number of anilines is 2. The Kier molecular flexibility index (Phi) is 5.29. The van der Waals surface area contributed by atoms with Gasteiger partial charge < -0.3 is 4.52 Å². The van der Waals surface area contributed by atoms with Crippen LogP contribution in [0.15, 0.2) is 39.8 Å². The largest absolute Gasteiger partial charge is 0.360 e. The molecule has 4 rings (SSSR count). The molecule has 1 amide bonds. The Balaban J connectivity index is 1.55. The van der Waals surface area contributed by atoms with E-state index in [2.05, 4.69) is 5.16 Å². The van der Waals surface area contributed by atoms with E-state index < -0.39 is 9.84 Å². The van der Waals surface area contributed by atoms with Crippen molar-refractivity contribution in [1.29, 1.82) is 0 Å². The maximum atomic E-state index is 13.0. The predicted octanol–water partition coefficient (Wildman–Crippen LogP) is 3.73. The minimum absolute atomic E-state index is 0.157. The number of rotatable bonds is 7. The van der Waals surface area contributed by atoms with Crippen molar-refractivity contribution in [2.45, 2.75) is 62.0 Å². The molecule has 0 radical (unpaired) electrons. The molecule has 2 aromatic rings. The van der Waals surface area contributed by atoms with E-state index >= 15 is 0 Å². The quantitative estimate of drug-likeness (QED) is 0.682. The van der Waals surface area contributed by atoms with Gasteiger partial charge in [-0.25, -0.2) is 8.42 Å². The van der Waals surface area contributed by atoms with Gasteiger partial charge in [0, 0.05) is 25.3 Å². The zero-order valence-corrected chi connectivity index (χ0v) is 17.2. The van der Waals surface area contributed by atoms with Crippen LogP contribution in [0, 0.1) is 12.8 Å². The van der Waals surface area contributed by atoms with E-state index in [0.717, 1.165) is 6.42 Å². The second-order valence-corrected chi connectivity index (χ2v) is 10.2. The van der Waals surface area contributed by atoms with E-state index in [4.69, 9.17) is 4.52 Å². The SMILES string of the molecule is Cc1cc(N(C(=O)CCC2CCC(=O)C2)c2ccc(S(=O)(=O)C3CC3)cc2)no1. The average Bonchev–Trinajstić information content (AvgIpc) is 3.36. The first-order valence-corrected chi connectivity index (χ1v) is 11.5. The molecule has 154 valence electrons. The van der Waals surface area contributed by atoms with Crippen molar-refractivity contribution >= 4 is 33.0 Å². The molecule has 1 heterocycles. The number of carbonyl (C=O) groups excluding carboxylic acids is 2. The monoisotopic (exact) mass is 416 g/mol. The topological polar surface area (TPSA) is 97.6 Å². The molecule has 8 heteroatoms. The van der Waals surface area contributed by atoms with Gasteiger partial charge in [0.1, 0.15) is 11.5 Å². The zero-order chi connectivity index (χ0) is 20.6. The third-order valence-electron chi connectivity index (χ3n) is 5.59. The number of amides is 1. The van der Waals surface area contributed by atoms with Crippen molar-refractivity contribution in [2.24, 2.45) is 5.92 Å². The van der Waals surface area contributed by atoms with Crippen LogP contribution in [-0.2, 0) is 19.4 Å². The predicted molar refractivity (Wildman–Crippen MR) is 107 cm³/mol. The number of carbonyl (C=O) groups is 2. The van der Waals surface area contributed by atoms with Gasteiger partial charge in [-0.1, -0.05) is 5.16 Å². The molecule has 0 N–H and O–H groups in total. The summed E-state index contributed by atoms with van der Waals surface area (Å²) in [5, 5.41) is 3.69. The van der Waals surface area contributed by atoms with Gasteiger partial charge in [-0.2, -0.15) is 0 Å². The third kappa shape index (κ3) is 4.27. The summed E-state index contributed by atoms with van der Waals surface area (Å²) in [5.41, 5.74) is 0.542. The van der Waals surface area contributed by atoms with Gasteiger partial charge in [0.15, 0.2) is 15.7 Å². The van der Waals surface area contributed by atoms with Gasteiger partial charge in [-0.05, 0) is 62.8 Å². The number of nitrogens with zero attached hydrogens (tertiary/aromatic N) is 2. The second kappa shape index (κ2) is 7.74. The third-order valence-corrected chi connectivity index (χ3v) is 7.87. The smallest absolute Gasteiger partial charge is 0.232 e. The highest BCUT2D eigenvalue weighted by atomic mass is 32.2. The number of aromatic nitrogens is 1. The number of Topliss-reactive ketones (excluding diaryl/α,β-unsaturated/α-hetero) is 1. The summed E-state index contributed by atoms with van der Waals surface area (Å²) in [5.74, 6) is 1.30. The fraction of sp³-hybridized carbons (Fsp3) is 0.476. The molecule has 7 nitrogen and oxygen atoms in total. The normalized spacial score (nSPS) is 19.5. The Bertz CT molecular complexity index is 1020. The number of sulfone groups is 1. The summed E-state index contributed by atoms with van der Waals surface area (Å²) < 4.78 is 30.0. The molecule has 29 heavy (non-hydrogen) atoms. The second-order valence-electron chi connectivity index (χ2n) is 7.95. The van der Waals surface area contributed by atoms with E-state index in [1.807, 2.05) is 0 Å². The average molecular weight is 416 g/mol. The van der Waals surface area contributed by atoms with Crippen molar-refractivity contribution in [1.82, 2.24) is 5.16 Å². The highest BCUT2D eigenvalue weighted by Gasteiger charge is 2.37. The van der Waals surface area contributed by atoms with E-state index in [1.54, 1.807) is 37.3 Å². The van der Waals surface area contributed by atoms with Gasteiger partial charge in [-0.15, -0.1) is 0 Å². The number of hydrogen-bond donors (Lipinski definition) is 0. The summed E-state index contributed by atoms with van der Waals surface area (Å²) >= 11 is 0. The van der Waals surface area contributed by atoms with E-state index in [0.29, 0.717) is 49.4 Å². The Labute approximate surface area is 170 Å². The van der Waals surface area contributed by atoms with Gasteiger partial charge in [-0.3, -0.25) is 14.5 Å². The summed E-state index contributed by atoms with van der Waals surface area (Å²) in [4.78, 5) is 26.2. The zero-order valence-electron chi connectivity index (χ0n) is 16.3. The molecule has 2 fully saturated rings. The maximum Gasteiger partial charge on any atom is 0.232 e. The molecule has 2 aliphatic rings. The Morgan fingerprint density at radius 1 is 1.21 bits per heavy atom. The minimum Gasteiger partial charge on any atom is -0.360 e. The molecule has 1 unspecified atom stereocenters. The van der Waals surface area contributed by atoms with Crippen molar-refractivity contribution < 1.29 is 22.5 Å². The summed E-state index contributed by atoms with van der Waals surface area (Å²) in [6.45, 7) is 1.74. The minimum atomic E-state index is -3.29. The van der Waals surface area contributed by atoms with Gasteiger partial charge in [0.05, 0.1) is 15.8 Å². The molecule has 2 saturated carbocycles. The standard InChI is InChI=1S/C21H24N2O5S/c1-14-12-20(22-28-14)23(21(25)11-3-15-2-6-17(24)13-15)16-4-7-18(8-5-16)29(26,27)19-9-10-19/h4-5,7-8,12,15,19H,2-3,6,9-11,13H2,1H3. The van der Waals surface area contributed by atoms with Crippen LogP contribution >= 0.6 is 0 Å². The van der Waals surface area contributed by atoms with Crippen LogP contribution in [-0.4, -0.2) is 30.5 Å². The molecular formula is C21H24N2O5S. The van der Waals surface area contributed by atoms with Crippen molar-refractivity contribution in [3.8, 4) is 0 Å². The molecular weight excluding hydrogens is 392 g/mol. The fourth-order valence-corrected chi connectivity index (χ4v) is 5.45. The van der Waals surface area contributed by atoms with Crippen LogP contribution in [0.25, 0.3) is 0 Å². The van der Waals surface area contributed by atoms with Crippen LogP contribution in [0.3, 0.4) is 0 Å². The summed E-state index contributed by atoms with van der Waals surface area (Å²) in [6, 6.07) is 8.04. The molecule has 1 aromatic carbocycles. The van der Waals surface area contributed by atoms with Crippen molar-refractivity contribution in [2.75, 3.05) is 4.90 Å². The molecule has 0 bridgehead atoms. The van der Waals surface area contributed by atoms with Gasteiger partial charge in [0.25, 0.3) is 0 Å². The maximum absolute atomic E-state index is 13.0. The molecule has 2 aliphatic carbocycles. The molecule has 1 atom stereocenters. The highest BCUT2D eigenvalue weighted by Crippen LogP contribution is 2.35. The highest BCUT2D eigenvalue weighted by molar-refractivity contribution is 7.92. The van der Waals surface area contributed by atoms with Crippen LogP contribution in [0.1, 0.15) is 50.7 Å². The van der Waals surface area contributed by atoms with E-state index in [9.17, 15) is 18.0 Å². The number of aryl methyl sites for hydroxylation is 1. The Morgan fingerprint density at radius 2 is 1.93 bits per heavy atom. The van der Waals surface area contributed by atoms with E-state index in [-0.39, 0.29) is 34.2 Å². The number of hydrogen-bond acceptors (Lipinski definition) is 6. The first kappa shape index (κ1) is 19.8. The molecule has 0 saturated heterocycles. The van der Waals surface area contributed by atoms with E-state index in [1.165, 1.54) is 4.90 Å². The van der Waals surface area contributed by atoms with Crippen LogP contribution in [0.4, 0.5) is 11.5 Å². The number of benzene rings is 1. The fourth-order valence-electron chi connectivity index (χ4n) is 3.80. The number of ketones is 1. The lowest BCUT2D eigenvalue weighted by molar-refractivity contribution is -0.119. The first-order chi connectivity index (χ1) is 13.8. The van der Waals surface area contributed by atoms with Crippen LogP contribution in [0.2, 0.25) is 0 Å². The lowest BCUT2D eigenvalue weighted by Gasteiger charge is -2.21. The molecule has 0 aliphatic heterocycles. The van der Waals surface area contributed by atoms with Crippen LogP contribution < -0.4 is 4.90 Å². The van der Waals surface area contributed by atoms with Crippen molar-refractivity contribution in [3.63, 3.8) is 0 Å². The summed E-state index contributed by atoms with van der Waals surface area (Å²) in [7, 11) is -3.29. The lowest BCUT2D eigenvalue weighted by atomic mass is 10.0. The molecule has 1 aromatic heterocycles.